The molecule has 0 aliphatic carbocycles. The van der Waals surface area contributed by atoms with Gasteiger partial charge in [0.25, 0.3) is 0 Å². The number of rotatable bonds is 12. The molecule has 0 bridgehead atoms. The minimum Gasteiger partial charge on any atom is -0.494 e. The molecule has 0 spiro atoms. The molecule has 1 aromatic carbocycles. The Bertz CT molecular complexity index is 827. The van der Waals surface area contributed by atoms with Gasteiger partial charge in [-0.15, -0.1) is 0 Å². The van der Waals surface area contributed by atoms with Crippen LogP contribution in [0.1, 0.15) is 67.5 Å². The maximum atomic E-state index is 10.5. The second-order valence-corrected chi connectivity index (χ2v) is 9.14. The van der Waals surface area contributed by atoms with Gasteiger partial charge in [-0.2, -0.15) is 0 Å². The maximum absolute atomic E-state index is 10.5. The van der Waals surface area contributed by atoms with E-state index in [0.717, 1.165) is 73.3 Å². The number of nitrogens with zero attached hydrogens (tertiary/aromatic N) is 3. The predicted octanol–water partition coefficient (Wildman–Crippen LogP) is 3.66. The number of aliphatic hydroxyl groups is 1. The fraction of sp³-hybridized carbons (Fsp3) is 0.615. The van der Waals surface area contributed by atoms with Crippen LogP contribution in [0.2, 0.25) is 0 Å². The number of anilines is 1. The van der Waals surface area contributed by atoms with Crippen molar-refractivity contribution in [2.45, 2.75) is 65.5 Å². The Balaban J connectivity index is 1.39. The molecule has 33 heavy (non-hydrogen) atoms. The number of aryl methyl sites for hydroxylation is 3. The predicted molar refractivity (Wildman–Crippen MR) is 134 cm³/mol. The number of benzene rings is 1. The molecule has 1 aromatic heterocycles. The van der Waals surface area contributed by atoms with Crippen LogP contribution in [0.3, 0.4) is 0 Å². The molecule has 2 heterocycles. The first kappa shape index (κ1) is 25.4. The van der Waals surface area contributed by atoms with Gasteiger partial charge in [0, 0.05) is 31.0 Å². The molecule has 3 rings (SSSR count). The standard InChI is InChI=1S/C26H41N5O2/c1-4-21-17-29-26(30-18-21)31-12-8-22(9-13-31)7-5-14-33-23-15-19(2)24(20(3)16-23)25(32)28-11-6-10-27/h15-18,22,25,28,32H,4-14,27H2,1-3H3. The van der Waals surface area contributed by atoms with Crippen LogP contribution in [0.25, 0.3) is 0 Å². The van der Waals surface area contributed by atoms with Crippen molar-refractivity contribution in [2.75, 3.05) is 37.7 Å². The highest BCUT2D eigenvalue weighted by atomic mass is 16.5. The lowest BCUT2D eigenvalue weighted by molar-refractivity contribution is 0.138. The molecule has 1 aliphatic heterocycles. The molecule has 0 saturated carbocycles. The lowest BCUT2D eigenvalue weighted by Crippen LogP contribution is -2.35. The van der Waals surface area contributed by atoms with Crippen LogP contribution in [0.4, 0.5) is 5.95 Å². The number of hydrogen-bond donors (Lipinski definition) is 3. The van der Waals surface area contributed by atoms with Gasteiger partial charge in [-0.25, -0.2) is 9.97 Å². The minimum absolute atomic E-state index is 0.616. The third kappa shape index (κ3) is 7.39. The van der Waals surface area contributed by atoms with Crippen molar-refractivity contribution in [3.8, 4) is 5.75 Å². The van der Waals surface area contributed by atoms with Gasteiger partial charge in [0.1, 0.15) is 12.0 Å². The zero-order valence-corrected chi connectivity index (χ0v) is 20.5. The molecule has 1 aliphatic rings. The largest absolute Gasteiger partial charge is 0.494 e. The van der Waals surface area contributed by atoms with Crippen molar-refractivity contribution in [1.82, 2.24) is 15.3 Å². The summed E-state index contributed by atoms with van der Waals surface area (Å²) in [5.41, 5.74) is 9.73. The van der Waals surface area contributed by atoms with Gasteiger partial charge in [-0.1, -0.05) is 6.92 Å². The van der Waals surface area contributed by atoms with Gasteiger partial charge in [-0.3, -0.25) is 5.32 Å². The molecular weight excluding hydrogens is 414 g/mol. The number of ether oxygens (including phenoxy) is 1. The van der Waals surface area contributed by atoms with E-state index in [1.54, 1.807) is 0 Å². The first-order valence-electron chi connectivity index (χ1n) is 12.4. The van der Waals surface area contributed by atoms with Crippen LogP contribution in [0, 0.1) is 19.8 Å². The van der Waals surface area contributed by atoms with Crippen molar-refractivity contribution in [3.63, 3.8) is 0 Å². The minimum atomic E-state index is -0.675. The summed E-state index contributed by atoms with van der Waals surface area (Å²) in [7, 11) is 0. The molecular formula is C26H41N5O2. The van der Waals surface area contributed by atoms with Gasteiger partial charge in [0.05, 0.1) is 6.61 Å². The third-order valence-electron chi connectivity index (χ3n) is 6.58. The van der Waals surface area contributed by atoms with Gasteiger partial charge in [0.2, 0.25) is 5.95 Å². The Morgan fingerprint density at radius 1 is 1.15 bits per heavy atom. The molecule has 1 unspecified atom stereocenters. The number of piperidine rings is 1. The molecule has 182 valence electrons. The molecule has 2 aromatic rings. The van der Waals surface area contributed by atoms with Crippen LogP contribution < -0.4 is 20.7 Å². The number of nitrogens with two attached hydrogens (primary N) is 1. The van der Waals surface area contributed by atoms with E-state index >= 15 is 0 Å². The number of nitrogens with one attached hydrogen (secondary N) is 1. The van der Waals surface area contributed by atoms with Gasteiger partial charge in [0.15, 0.2) is 0 Å². The second-order valence-electron chi connectivity index (χ2n) is 9.14. The van der Waals surface area contributed by atoms with Crippen molar-refractivity contribution in [1.29, 1.82) is 0 Å². The Morgan fingerprint density at radius 3 is 2.42 bits per heavy atom. The highest BCUT2D eigenvalue weighted by Crippen LogP contribution is 2.27. The molecule has 1 fully saturated rings. The molecule has 4 N–H and O–H groups in total. The van der Waals surface area contributed by atoms with Crippen molar-refractivity contribution in [3.05, 3.63) is 46.8 Å². The third-order valence-corrected chi connectivity index (χ3v) is 6.58. The molecule has 1 saturated heterocycles. The number of hydrogen-bond acceptors (Lipinski definition) is 7. The molecule has 7 nitrogen and oxygen atoms in total. The summed E-state index contributed by atoms with van der Waals surface area (Å²) in [4.78, 5) is 11.4. The first-order chi connectivity index (χ1) is 16.0. The van der Waals surface area contributed by atoms with E-state index in [2.05, 4.69) is 27.1 Å². The number of aromatic nitrogens is 2. The summed E-state index contributed by atoms with van der Waals surface area (Å²) in [6.07, 6.45) is 9.63. The zero-order valence-electron chi connectivity index (χ0n) is 20.5. The Labute approximate surface area is 198 Å². The summed E-state index contributed by atoms with van der Waals surface area (Å²) in [5, 5.41) is 13.6. The van der Waals surface area contributed by atoms with Crippen molar-refractivity contribution in [2.24, 2.45) is 11.7 Å². The molecule has 0 radical (unpaired) electrons. The average molecular weight is 456 g/mol. The van der Waals surface area contributed by atoms with E-state index < -0.39 is 6.23 Å². The molecule has 7 heteroatoms. The van der Waals surface area contributed by atoms with E-state index in [1.165, 1.54) is 24.8 Å². The summed E-state index contributed by atoms with van der Waals surface area (Å²) in [5.74, 6) is 2.48. The topological polar surface area (TPSA) is 96.5 Å². The fourth-order valence-corrected chi connectivity index (χ4v) is 4.57. The van der Waals surface area contributed by atoms with E-state index in [9.17, 15) is 5.11 Å². The highest BCUT2D eigenvalue weighted by molar-refractivity contribution is 5.42. The maximum Gasteiger partial charge on any atom is 0.225 e. The first-order valence-corrected chi connectivity index (χ1v) is 12.4. The number of aliphatic hydroxyl groups excluding tert-OH is 1. The second kappa shape index (κ2) is 12.9. The van der Waals surface area contributed by atoms with Crippen LogP contribution in [-0.4, -0.2) is 47.9 Å². The van der Waals surface area contributed by atoms with Crippen LogP contribution in [0.5, 0.6) is 5.75 Å². The Hall–Kier alpha value is -2.22. The summed E-state index contributed by atoms with van der Waals surface area (Å²) in [6.45, 7) is 10.3. The molecule has 1 atom stereocenters. The van der Waals surface area contributed by atoms with E-state index in [-0.39, 0.29) is 0 Å². The zero-order chi connectivity index (χ0) is 23.6. The van der Waals surface area contributed by atoms with E-state index in [4.69, 9.17) is 10.5 Å². The van der Waals surface area contributed by atoms with Crippen LogP contribution in [0.15, 0.2) is 24.5 Å². The van der Waals surface area contributed by atoms with Gasteiger partial charge < -0.3 is 20.5 Å². The summed E-state index contributed by atoms with van der Waals surface area (Å²) >= 11 is 0. The SMILES string of the molecule is CCc1cnc(N2CCC(CCCOc3cc(C)c(C(O)NCCCN)c(C)c3)CC2)nc1. The van der Waals surface area contributed by atoms with Gasteiger partial charge >= 0.3 is 0 Å². The normalized spacial score (nSPS) is 15.6. The highest BCUT2D eigenvalue weighted by Gasteiger charge is 2.21. The van der Waals surface area contributed by atoms with E-state index in [1.807, 2.05) is 38.4 Å². The van der Waals surface area contributed by atoms with Crippen LogP contribution in [-0.2, 0) is 6.42 Å². The average Bonchev–Trinajstić information content (AvgIpc) is 2.82. The Kier molecular flexibility index (Phi) is 9.91. The van der Waals surface area contributed by atoms with Gasteiger partial charge in [-0.05, 0) is 100 Å². The lowest BCUT2D eigenvalue weighted by atomic mass is 9.92. The summed E-state index contributed by atoms with van der Waals surface area (Å²) < 4.78 is 6.06. The summed E-state index contributed by atoms with van der Waals surface area (Å²) in [6, 6.07) is 4.05. The van der Waals surface area contributed by atoms with Crippen LogP contribution >= 0.6 is 0 Å². The smallest absolute Gasteiger partial charge is 0.225 e. The molecule has 0 amide bonds. The monoisotopic (exact) mass is 455 g/mol. The van der Waals surface area contributed by atoms with Crippen molar-refractivity contribution >= 4 is 5.95 Å². The lowest BCUT2D eigenvalue weighted by Gasteiger charge is -2.32. The van der Waals surface area contributed by atoms with Crippen molar-refractivity contribution < 1.29 is 9.84 Å². The fourth-order valence-electron chi connectivity index (χ4n) is 4.57. The van der Waals surface area contributed by atoms with E-state index in [0.29, 0.717) is 13.1 Å². The Morgan fingerprint density at radius 2 is 1.82 bits per heavy atom. The quantitative estimate of drug-likeness (QED) is 0.332.